The molecule has 0 saturated carbocycles. The van der Waals surface area contributed by atoms with E-state index in [1.165, 1.54) is 4.31 Å². The van der Waals surface area contributed by atoms with Gasteiger partial charge in [-0.1, -0.05) is 48.5 Å². The van der Waals surface area contributed by atoms with Gasteiger partial charge in [-0.15, -0.1) is 0 Å². The van der Waals surface area contributed by atoms with E-state index in [0.717, 1.165) is 5.56 Å². The third-order valence-corrected chi connectivity index (χ3v) is 5.72. The molecule has 0 aliphatic carbocycles. The molecule has 3 rings (SSSR count). The molecule has 0 radical (unpaired) electrons. The summed E-state index contributed by atoms with van der Waals surface area (Å²) in [7, 11) is -3.68. The van der Waals surface area contributed by atoms with E-state index < -0.39 is 10.0 Å². The van der Waals surface area contributed by atoms with Crippen molar-refractivity contribution >= 4 is 15.7 Å². The molecule has 0 aromatic heterocycles. The highest BCUT2D eigenvalue weighted by molar-refractivity contribution is 7.92. The predicted octanol–water partition coefficient (Wildman–Crippen LogP) is 4.48. The van der Waals surface area contributed by atoms with Gasteiger partial charge in [0.05, 0.1) is 23.7 Å². The molecule has 0 unspecified atom stereocenters. The summed E-state index contributed by atoms with van der Waals surface area (Å²) < 4.78 is 33.4. The number of sulfonamides is 1. The summed E-state index contributed by atoms with van der Waals surface area (Å²) in [6, 6.07) is 25.2. The molecule has 0 aliphatic heterocycles. The van der Waals surface area contributed by atoms with Gasteiger partial charge in [-0.25, -0.2) is 8.42 Å². The molecular weight excluding hydrogens is 346 g/mol. The molecule has 0 fully saturated rings. The summed E-state index contributed by atoms with van der Waals surface area (Å²) in [5, 5.41) is 0. The first-order valence-corrected chi connectivity index (χ1v) is 9.90. The Kier molecular flexibility index (Phi) is 5.58. The van der Waals surface area contributed by atoms with Crippen LogP contribution in [0.4, 0.5) is 5.69 Å². The lowest BCUT2D eigenvalue weighted by atomic mass is 10.2. The van der Waals surface area contributed by atoms with E-state index in [2.05, 4.69) is 0 Å². The standard InChI is InChI=1S/C21H21NO3S/c1-2-25-20-15-13-19(14-16-20)22(17-18-9-5-3-6-10-18)26(23,24)21-11-7-4-8-12-21/h3-16H,2,17H2,1H3. The van der Waals surface area contributed by atoms with Crippen LogP contribution < -0.4 is 9.04 Å². The van der Waals surface area contributed by atoms with Crippen molar-refractivity contribution in [1.29, 1.82) is 0 Å². The zero-order valence-electron chi connectivity index (χ0n) is 14.6. The average molecular weight is 367 g/mol. The maximum atomic E-state index is 13.2. The topological polar surface area (TPSA) is 46.6 Å². The number of anilines is 1. The van der Waals surface area contributed by atoms with Gasteiger partial charge in [-0.2, -0.15) is 0 Å². The number of hydrogen-bond donors (Lipinski definition) is 0. The maximum absolute atomic E-state index is 13.2. The minimum Gasteiger partial charge on any atom is -0.494 e. The van der Waals surface area contributed by atoms with Crippen molar-refractivity contribution in [3.05, 3.63) is 90.5 Å². The van der Waals surface area contributed by atoms with Crippen molar-refractivity contribution in [3.63, 3.8) is 0 Å². The van der Waals surface area contributed by atoms with Crippen molar-refractivity contribution in [2.45, 2.75) is 18.4 Å². The van der Waals surface area contributed by atoms with Crippen LogP contribution in [0.15, 0.2) is 89.8 Å². The van der Waals surface area contributed by atoms with Gasteiger partial charge in [0.2, 0.25) is 0 Å². The second kappa shape index (κ2) is 8.06. The van der Waals surface area contributed by atoms with E-state index in [1.807, 2.05) is 37.3 Å². The second-order valence-corrected chi connectivity index (χ2v) is 7.60. The van der Waals surface area contributed by atoms with E-state index in [4.69, 9.17) is 4.74 Å². The predicted molar refractivity (Wildman–Crippen MR) is 104 cm³/mol. The van der Waals surface area contributed by atoms with Crippen LogP contribution in [0.25, 0.3) is 0 Å². The molecule has 3 aromatic rings. The van der Waals surface area contributed by atoms with E-state index >= 15 is 0 Å². The number of ether oxygens (including phenoxy) is 1. The molecule has 134 valence electrons. The van der Waals surface area contributed by atoms with Gasteiger partial charge in [-0.05, 0) is 48.9 Å². The van der Waals surface area contributed by atoms with Gasteiger partial charge in [0.15, 0.2) is 0 Å². The lowest BCUT2D eigenvalue weighted by molar-refractivity contribution is 0.340. The Morgan fingerprint density at radius 1 is 0.808 bits per heavy atom. The third kappa shape index (κ3) is 4.06. The molecule has 0 N–H and O–H groups in total. The summed E-state index contributed by atoms with van der Waals surface area (Å²) in [4.78, 5) is 0.268. The van der Waals surface area contributed by atoms with Gasteiger partial charge in [0.1, 0.15) is 5.75 Å². The molecule has 0 saturated heterocycles. The van der Waals surface area contributed by atoms with Crippen LogP contribution in [-0.4, -0.2) is 15.0 Å². The third-order valence-electron chi connectivity index (χ3n) is 3.94. The van der Waals surface area contributed by atoms with Crippen LogP contribution in [0, 0.1) is 0 Å². The van der Waals surface area contributed by atoms with Gasteiger partial charge in [-0.3, -0.25) is 4.31 Å². The Bertz CT molecular complexity index is 924. The lowest BCUT2D eigenvalue weighted by Gasteiger charge is -2.25. The maximum Gasteiger partial charge on any atom is 0.264 e. The minimum atomic E-state index is -3.68. The summed E-state index contributed by atoms with van der Waals surface area (Å²) in [5.41, 5.74) is 1.52. The van der Waals surface area contributed by atoms with Gasteiger partial charge in [0, 0.05) is 0 Å². The SMILES string of the molecule is CCOc1ccc(N(Cc2ccccc2)S(=O)(=O)c2ccccc2)cc1. The Balaban J connectivity index is 2.01. The summed E-state index contributed by atoms with van der Waals surface area (Å²) >= 11 is 0. The largest absolute Gasteiger partial charge is 0.494 e. The fourth-order valence-electron chi connectivity index (χ4n) is 2.66. The zero-order chi connectivity index (χ0) is 18.4. The van der Waals surface area contributed by atoms with Gasteiger partial charge < -0.3 is 4.74 Å². The van der Waals surface area contributed by atoms with Crippen molar-refractivity contribution < 1.29 is 13.2 Å². The summed E-state index contributed by atoms with van der Waals surface area (Å²) in [6.45, 7) is 2.73. The fourth-order valence-corrected chi connectivity index (χ4v) is 4.13. The molecule has 0 aliphatic rings. The van der Waals surface area contributed by atoms with E-state index in [9.17, 15) is 8.42 Å². The van der Waals surface area contributed by atoms with E-state index in [1.54, 1.807) is 54.6 Å². The van der Waals surface area contributed by atoms with Crippen molar-refractivity contribution in [2.75, 3.05) is 10.9 Å². The highest BCUT2D eigenvalue weighted by Gasteiger charge is 2.25. The molecule has 0 bridgehead atoms. The van der Waals surface area contributed by atoms with E-state index in [-0.39, 0.29) is 11.4 Å². The number of nitrogens with zero attached hydrogens (tertiary/aromatic N) is 1. The molecule has 0 atom stereocenters. The second-order valence-electron chi connectivity index (χ2n) is 5.74. The molecule has 0 amide bonds. The Morgan fingerprint density at radius 3 is 1.96 bits per heavy atom. The van der Waals surface area contributed by atoms with Crippen LogP contribution in [-0.2, 0) is 16.6 Å². The molecular formula is C21H21NO3S. The van der Waals surface area contributed by atoms with Gasteiger partial charge >= 0.3 is 0 Å². The molecule has 0 heterocycles. The average Bonchev–Trinajstić information content (AvgIpc) is 2.68. The normalized spacial score (nSPS) is 11.1. The number of benzene rings is 3. The van der Waals surface area contributed by atoms with Crippen molar-refractivity contribution in [2.24, 2.45) is 0 Å². The molecule has 3 aromatic carbocycles. The molecule has 5 heteroatoms. The highest BCUT2D eigenvalue weighted by Crippen LogP contribution is 2.27. The zero-order valence-corrected chi connectivity index (χ0v) is 15.4. The van der Waals surface area contributed by atoms with Gasteiger partial charge in [0.25, 0.3) is 10.0 Å². The quantitative estimate of drug-likeness (QED) is 0.618. The number of rotatable bonds is 7. The fraction of sp³-hybridized carbons (Fsp3) is 0.143. The monoisotopic (exact) mass is 367 g/mol. The first-order chi connectivity index (χ1) is 12.6. The summed E-state index contributed by atoms with van der Waals surface area (Å²) in [6.07, 6.45) is 0. The van der Waals surface area contributed by atoms with Crippen molar-refractivity contribution in [3.8, 4) is 5.75 Å². The van der Waals surface area contributed by atoms with Crippen LogP contribution in [0.5, 0.6) is 5.75 Å². The Hall–Kier alpha value is -2.79. The Morgan fingerprint density at radius 2 is 1.38 bits per heavy atom. The van der Waals surface area contributed by atoms with Crippen LogP contribution in [0.2, 0.25) is 0 Å². The molecule has 4 nitrogen and oxygen atoms in total. The molecule has 0 spiro atoms. The highest BCUT2D eigenvalue weighted by atomic mass is 32.2. The molecule has 26 heavy (non-hydrogen) atoms. The lowest BCUT2D eigenvalue weighted by Crippen LogP contribution is -2.30. The van der Waals surface area contributed by atoms with E-state index in [0.29, 0.717) is 18.0 Å². The van der Waals surface area contributed by atoms with Crippen molar-refractivity contribution in [1.82, 2.24) is 0 Å². The first-order valence-electron chi connectivity index (χ1n) is 8.46. The van der Waals surface area contributed by atoms with Crippen LogP contribution in [0.3, 0.4) is 0 Å². The first kappa shape index (κ1) is 18.0. The van der Waals surface area contributed by atoms with Crippen LogP contribution in [0.1, 0.15) is 12.5 Å². The Labute approximate surface area is 154 Å². The number of hydrogen-bond acceptors (Lipinski definition) is 3. The minimum absolute atomic E-state index is 0.256. The van der Waals surface area contributed by atoms with Crippen LogP contribution >= 0.6 is 0 Å². The summed E-state index contributed by atoms with van der Waals surface area (Å²) in [5.74, 6) is 0.716. The smallest absolute Gasteiger partial charge is 0.264 e.